The predicted molar refractivity (Wildman–Crippen MR) is 61.3 cm³/mol. The first kappa shape index (κ1) is 11.4. The van der Waals surface area contributed by atoms with Crippen molar-refractivity contribution in [2.75, 3.05) is 14.2 Å². The molecule has 1 aromatic carbocycles. The third-order valence-corrected chi connectivity index (χ3v) is 4.74. The zero-order valence-corrected chi connectivity index (χ0v) is 9.54. The van der Waals surface area contributed by atoms with E-state index in [2.05, 4.69) is 18.7 Å². The molecule has 0 bridgehead atoms. The van der Waals surface area contributed by atoms with Crippen LogP contribution in [-0.2, 0) is 15.2 Å². The molecule has 0 amide bonds. The van der Waals surface area contributed by atoms with Crippen molar-refractivity contribution in [3.8, 4) is 0 Å². The van der Waals surface area contributed by atoms with Crippen molar-refractivity contribution in [3.63, 3.8) is 0 Å². The third-order valence-electron chi connectivity index (χ3n) is 2.14. The second-order valence-electron chi connectivity index (χ2n) is 2.92. The Kier molecular flexibility index (Phi) is 4.27. The molecule has 2 nitrogen and oxygen atoms in total. The van der Waals surface area contributed by atoms with Gasteiger partial charge in [0.1, 0.15) is 12.0 Å². The summed E-state index contributed by atoms with van der Waals surface area (Å²) in [5.41, 5.74) is 1.21. The van der Waals surface area contributed by atoms with Gasteiger partial charge in [-0.15, -0.1) is 0 Å². The first-order valence-corrected chi connectivity index (χ1v) is 6.31. The molecule has 76 valence electrons. The molecule has 0 aliphatic rings. The molecule has 0 N–H and O–H groups in total. The largest absolute Gasteiger partial charge is 0.302 e. The maximum Gasteiger partial charge on any atom is 0.302 e. The highest BCUT2D eigenvalue weighted by atomic mass is 31.2. The lowest BCUT2D eigenvalue weighted by atomic mass is 10.2. The molecule has 0 saturated heterocycles. The Morgan fingerprint density at radius 1 is 1.21 bits per heavy atom. The van der Waals surface area contributed by atoms with Gasteiger partial charge in [0.05, 0.1) is 14.2 Å². The van der Waals surface area contributed by atoms with E-state index < -0.39 is 7.72 Å². The van der Waals surface area contributed by atoms with E-state index in [1.807, 2.05) is 18.2 Å². The van der Waals surface area contributed by atoms with E-state index in [9.17, 15) is 0 Å². The smallest absolute Gasteiger partial charge is 0.205 e. The van der Waals surface area contributed by atoms with Crippen LogP contribution in [0.5, 0.6) is 0 Å². The number of rotatable bonds is 5. The molecular weight excluding hydrogens is 195 g/mol. The van der Waals surface area contributed by atoms with Crippen LogP contribution < -0.4 is 0 Å². The lowest BCUT2D eigenvalue weighted by Gasteiger charge is -2.16. The molecule has 0 aliphatic carbocycles. The van der Waals surface area contributed by atoms with Gasteiger partial charge in [0, 0.05) is 0 Å². The van der Waals surface area contributed by atoms with Crippen molar-refractivity contribution in [1.29, 1.82) is 0 Å². The normalized spacial score (nSPS) is 11.3. The van der Waals surface area contributed by atoms with Crippen molar-refractivity contribution in [1.82, 2.24) is 0 Å². The maximum absolute atomic E-state index is 5.41. The minimum atomic E-state index is -1.90. The summed E-state index contributed by atoms with van der Waals surface area (Å²) in [7, 11) is 1.44. The average Bonchev–Trinajstić information content (AvgIpc) is 2.28. The molecule has 0 unspecified atom stereocenters. The fraction of sp³-hybridized carbons (Fsp3) is 0.273. The van der Waals surface area contributed by atoms with Gasteiger partial charge in [-0.1, -0.05) is 36.9 Å². The predicted octanol–water partition coefficient (Wildman–Crippen LogP) is 3.47. The molecule has 0 spiro atoms. The van der Waals surface area contributed by atoms with Gasteiger partial charge in [-0.05, 0) is 5.56 Å². The van der Waals surface area contributed by atoms with Gasteiger partial charge in [-0.3, -0.25) is 0 Å². The van der Waals surface area contributed by atoms with Crippen molar-refractivity contribution in [3.05, 3.63) is 48.3 Å². The standard InChI is InChI=1S/C11H16O2P/c1-4-14(12-2,13-3)10-11-8-6-5-7-9-11/h4-9H,1,10H2,2-3H3/q+1. The van der Waals surface area contributed by atoms with E-state index in [1.54, 1.807) is 20.0 Å². The SMILES string of the molecule is C=C[P+](Cc1ccccc1)(OC)OC. The van der Waals surface area contributed by atoms with Gasteiger partial charge in [0.15, 0.2) is 0 Å². The first-order chi connectivity index (χ1) is 6.76. The van der Waals surface area contributed by atoms with E-state index in [0.29, 0.717) is 0 Å². The summed E-state index contributed by atoms with van der Waals surface area (Å²) in [4.78, 5) is 0. The Hall–Kier alpha value is -0.690. The Morgan fingerprint density at radius 3 is 2.21 bits per heavy atom. The summed E-state index contributed by atoms with van der Waals surface area (Å²) in [6, 6.07) is 10.2. The molecule has 0 aromatic heterocycles. The molecule has 0 fully saturated rings. The van der Waals surface area contributed by atoms with Crippen molar-refractivity contribution in [2.24, 2.45) is 0 Å². The van der Waals surface area contributed by atoms with Crippen LogP contribution in [0.1, 0.15) is 5.56 Å². The van der Waals surface area contributed by atoms with Gasteiger partial charge in [0.2, 0.25) is 0 Å². The van der Waals surface area contributed by atoms with Crippen molar-refractivity contribution in [2.45, 2.75) is 6.16 Å². The summed E-state index contributed by atoms with van der Waals surface area (Å²) in [5, 5.41) is 0. The van der Waals surface area contributed by atoms with Crippen LogP contribution in [0.25, 0.3) is 0 Å². The van der Waals surface area contributed by atoms with Crippen molar-refractivity contribution < 1.29 is 9.05 Å². The third kappa shape index (κ3) is 2.65. The van der Waals surface area contributed by atoms with E-state index >= 15 is 0 Å². The van der Waals surface area contributed by atoms with Crippen LogP contribution in [0.4, 0.5) is 0 Å². The maximum atomic E-state index is 5.41. The lowest BCUT2D eigenvalue weighted by Crippen LogP contribution is -1.98. The Labute approximate surface area is 86.1 Å². The molecule has 1 aromatic rings. The fourth-order valence-electron chi connectivity index (χ4n) is 1.26. The molecule has 0 saturated carbocycles. The van der Waals surface area contributed by atoms with E-state index in [-0.39, 0.29) is 0 Å². The zero-order chi connectivity index (χ0) is 10.4. The zero-order valence-electron chi connectivity index (χ0n) is 8.64. The van der Waals surface area contributed by atoms with Crippen LogP contribution in [-0.4, -0.2) is 14.2 Å². The molecule has 1 rings (SSSR count). The average molecular weight is 211 g/mol. The topological polar surface area (TPSA) is 18.5 Å². The Morgan fingerprint density at radius 2 is 1.79 bits per heavy atom. The van der Waals surface area contributed by atoms with Gasteiger partial charge in [-0.25, -0.2) is 9.05 Å². The van der Waals surface area contributed by atoms with Gasteiger partial charge in [-0.2, -0.15) is 0 Å². The first-order valence-electron chi connectivity index (χ1n) is 4.43. The highest BCUT2D eigenvalue weighted by molar-refractivity contribution is 7.68. The van der Waals surface area contributed by atoms with Crippen LogP contribution in [0.2, 0.25) is 0 Å². The van der Waals surface area contributed by atoms with Crippen LogP contribution in [0.15, 0.2) is 42.7 Å². The van der Waals surface area contributed by atoms with Crippen LogP contribution in [0, 0.1) is 0 Å². The van der Waals surface area contributed by atoms with E-state index in [4.69, 9.17) is 9.05 Å². The van der Waals surface area contributed by atoms with E-state index in [0.717, 1.165) is 6.16 Å². The van der Waals surface area contributed by atoms with Crippen LogP contribution >= 0.6 is 7.72 Å². The fourth-order valence-corrected chi connectivity index (χ4v) is 2.81. The Balaban J connectivity index is 2.79. The lowest BCUT2D eigenvalue weighted by molar-refractivity contribution is 0.324. The summed E-state index contributed by atoms with van der Waals surface area (Å²) < 4.78 is 10.8. The molecule has 3 heteroatoms. The van der Waals surface area contributed by atoms with Gasteiger partial charge < -0.3 is 0 Å². The molecule has 0 radical (unpaired) electrons. The second kappa shape index (κ2) is 5.26. The molecule has 14 heavy (non-hydrogen) atoms. The molecule has 0 aliphatic heterocycles. The number of hydrogen-bond acceptors (Lipinski definition) is 2. The molecular formula is C11H16O2P+. The van der Waals surface area contributed by atoms with Crippen LogP contribution in [0.3, 0.4) is 0 Å². The highest BCUT2D eigenvalue weighted by Crippen LogP contribution is 2.63. The minimum absolute atomic E-state index is 0.782. The molecule has 0 atom stereocenters. The summed E-state index contributed by atoms with van der Waals surface area (Å²) in [5.74, 6) is 1.79. The second-order valence-corrected chi connectivity index (χ2v) is 5.78. The number of benzene rings is 1. The van der Waals surface area contributed by atoms with Gasteiger partial charge >= 0.3 is 7.72 Å². The summed E-state index contributed by atoms with van der Waals surface area (Å²) in [6.45, 7) is 3.77. The summed E-state index contributed by atoms with van der Waals surface area (Å²) >= 11 is 0. The van der Waals surface area contributed by atoms with Gasteiger partial charge in [0.25, 0.3) is 0 Å². The monoisotopic (exact) mass is 211 g/mol. The Bertz CT molecular complexity index is 281. The number of hydrogen-bond donors (Lipinski definition) is 0. The molecule has 0 heterocycles. The quantitative estimate of drug-likeness (QED) is 0.694. The van der Waals surface area contributed by atoms with Crippen molar-refractivity contribution >= 4 is 7.72 Å². The highest BCUT2D eigenvalue weighted by Gasteiger charge is 2.36. The summed E-state index contributed by atoms with van der Waals surface area (Å²) in [6.07, 6.45) is 0.782. The van der Waals surface area contributed by atoms with E-state index in [1.165, 1.54) is 5.56 Å². The minimum Gasteiger partial charge on any atom is -0.205 e.